The summed E-state index contributed by atoms with van der Waals surface area (Å²) in [5.41, 5.74) is 19.3. The van der Waals surface area contributed by atoms with E-state index in [0.29, 0.717) is 11.4 Å². The van der Waals surface area contributed by atoms with Crippen molar-refractivity contribution in [1.82, 2.24) is 18.3 Å². The molecule has 0 saturated carbocycles. The Morgan fingerprint density at radius 2 is 0.707 bits per heavy atom. The van der Waals surface area contributed by atoms with Crippen LogP contribution in [0.15, 0.2) is 174 Å². The van der Waals surface area contributed by atoms with Gasteiger partial charge in [-0.05, 0) is 133 Å². The minimum absolute atomic E-state index is 0.253. The first-order chi connectivity index (χ1) is 36.6. The number of rotatable bonds is 4. The number of nitriles is 1. The Hall–Kier alpha value is -9.82. The summed E-state index contributed by atoms with van der Waals surface area (Å²) in [6.45, 7) is 22.5. The molecule has 0 aliphatic rings. The van der Waals surface area contributed by atoms with E-state index in [9.17, 15) is 11.8 Å². The van der Waals surface area contributed by atoms with Crippen molar-refractivity contribution in [3.63, 3.8) is 0 Å². The van der Waals surface area contributed by atoms with Crippen LogP contribution in [0.4, 0.5) is 5.69 Å². The molecule has 0 N–H and O–H groups in total. The fraction of sp³-hybridized carbons (Fsp3) is 0.0882. The van der Waals surface area contributed by atoms with Gasteiger partial charge in [0.15, 0.2) is 0 Å². The lowest BCUT2D eigenvalue weighted by molar-refractivity contribution is 0.669. The van der Waals surface area contributed by atoms with Gasteiger partial charge in [-0.15, -0.1) is 0 Å². The highest BCUT2D eigenvalue weighted by atomic mass is 16.3. The zero-order valence-electron chi connectivity index (χ0n) is 42.3. The van der Waals surface area contributed by atoms with E-state index in [-0.39, 0.29) is 11.3 Å². The minimum Gasteiger partial charge on any atom is -0.456 e. The number of benzene rings is 10. The van der Waals surface area contributed by atoms with E-state index in [1.165, 1.54) is 0 Å². The van der Waals surface area contributed by atoms with E-state index in [2.05, 4.69) is 228 Å². The summed E-state index contributed by atoms with van der Waals surface area (Å²) >= 11 is 0. The summed E-state index contributed by atoms with van der Waals surface area (Å²) in [6, 6.07) is 63.9. The molecule has 0 spiro atoms. The van der Waals surface area contributed by atoms with E-state index >= 15 is 0 Å². The fourth-order valence-corrected chi connectivity index (χ4v) is 12.7. The van der Waals surface area contributed by atoms with Crippen molar-refractivity contribution in [2.45, 2.75) is 41.5 Å². The van der Waals surface area contributed by atoms with E-state index in [4.69, 9.17) is 4.42 Å². The Bertz CT molecular complexity index is 4990. The smallest absolute Gasteiger partial charge is 0.232 e. The van der Waals surface area contributed by atoms with Crippen molar-refractivity contribution in [3.05, 3.63) is 220 Å². The Morgan fingerprint density at radius 3 is 1.15 bits per heavy atom. The largest absolute Gasteiger partial charge is 0.456 e. The second-order valence-corrected chi connectivity index (χ2v) is 20.8. The molecule has 7 nitrogen and oxygen atoms in total. The molecule has 354 valence electrons. The van der Waals surface area contributed by atoms with Gasteiger partial charge in [0.25, 0.3) is 0 Å². The summed E-state index contributed by atoms with van der Waals surface area (Å²) in [4.78, 5) is 4.64. The second-order valence-electron chi connectivity index (χ2n) is 20.8. The second kappa shape index (κ2) is 15.4. The maximum Gasteiger partial charge on any atom is 0.232 e. The van der Waals surface area contributed by atoms with Crippen molar-refractivity contribution in [3.8, 4) is 28.8 Å². The molecule has 7 heteroatoms. The van der Waals surface area contributed by atoms with Gasteiger partial charge >= 0.3 is 0 Å². The van der Waals surface area contributed by atoms with Gasteiger partial charge in [-0.25, -0.2) is 4.85 Å². The van der Waals surface area contributed by atoms with E-state index in [0.717, 1.165) is 154 Å². The number of para-hydroxylation sites is 2. The normalized spacial score (nSPS) is 12.1. The molecule has 15 rings (SSSR count). The average molecular weight is 963 g/mol. The first-order valence-electron chi connectivity index (χ1n) is 25.5. The highest BCUT2D eigenvalue weighted by molar-refractivity contribution is 6.20. The van der Waals surface area contributed by atoms with Crippen LogP contribution in [0.2, 0.25) is 0 Å². The average Bonchev–Trinajstić information content (AvgIpc) is 4.22. The number of furan rings is 1. The van der Waals surface area contributed by atoms with Gasteiger partial charge < -0.3 is 22.7 Å². The van der Waals surface area contributed by atoms with Crippen molar-refractivity contribution in [2.24, 2.45) is 0 Å². The van der Waals surface area contributed by atoms with Crippen LogP contribution in [0.25, 0.3) is 137 Å². The van der Waals surface area contributed by atoms with E-state index in [1.807, 2.05) is 12.1 Å². The fourth-order valence-electron chi connectivity index (χ4n) is 12.7. The molecule has 5 aromatic heterocycles. The van der Waals surface area contributed by atoms with Crippen molar-refractivity contribution < 1.29 is 4.42 Å². The van der Waals surface area contributed by atoms with Crippen LogP contribution in [-0.4, -0.2) is 18.3 Å². The summed E-state index contributed by atoms with van der Waals surface area (Å²) in [6.07, 6.45) is 0. The molecule has 0 saturated heterocycles. The van der Waals surface area contributed by atoms with Crippen LogP contribution >= 0.6 is 0 Å². The molecule has 0 bridgehead atoms. The lowest BCUT2D eigenvalue weighted by Gasteiger charge is -2.28. The molecule has 15 aromatic rings. The molecule has 0 unspecified atom stereocenters. The van der Waals surface area contributed by atoms with Gasteiger partial charge in [0.05, 0.1) is 85.1 Å². The summed E-state index contributed by atoms with van der Waals surface area (Å²) < 4.78 is 16.1. The Balaban J connectivity index is 1.29. The predicted octanol–water partition coefficient (Wildman–Crippen LogP) is 18.2. The Labute approximate surface area is 431 Å². The molecule has 0 aliphatic carbocycles. The van der Waals surface area contributed by atoms with Crippen LogP contribution in [0.5, 0.6) is 0 Å². The van der Waals surface area contributed by atoms with Crippen molar-refractivity contribution in [1.29, 1.82) is 5.26 Å². The van der Waals surface area contributed by atoms with Crippen LogP contribution in [0.3, 0.4) is 0 Å². The first-order valence-corrected chi connectivity index (χ1v) is 25.5. The zero-order chi connectivity index (χ0) is 50.7. The number of fused-ring (bicyclic) bond motifs is 15. The molecule has 10 aromatic carbocycles. The molecule has 5 heterocycles. The lowest BCUT2D eigenvalue weighted by atomic mass is 10.0. The molecular formula is C68H46N6O. The molecule has 0 atom stereocenters. The quantitative estimate of drug-likeness (QED) is 0.165. The van der Waals surface area contributed by atoms with Crippen LogP contribution in [-0.2, 0) is 0 Å². The third kappa shape index (κ3) is 5.84. The zero-order valence-corrected chi connectivity index (χ0v) is 42.3. The minimum atomic E-state index is 0.253. The van der Waals surface area contributed by atoms with Crippen molar-refractivity contribution in [2.75, 3.05) is 0 Å². The number of hydrogen-bond acceptors (Lipinski definition) is 2. The highest BCUT2D eigenvalue weighted by Gasteiger charge is 2.35. The number of hydrogen-bond donors (Lipinski definition) is 0. The summed E-state index contributed by atoms with van der Waals surface area (Å²) in [5, 5.41) is 23.0. The summed E-state index contributed by atoms with van der Waals surface area (Å²) in [5.74, 6) is 0. The van der Waals surface area contributed by atoms with Gasteiger partial charge in [0.2, 0.25) is 5.69 Å². The first kappa shape index (κ1) is 42.8. The molecule has 0 aliphatic heterocycles. The Kier molecular flexibility index (Phi) is 8.77. The highest BCUT2D eigenvalue weighted by Crippen LogP contribution is 2.52. The lowest BCUT2D eigenvalue weighted by Crippen LogP contribution is -2.15. The van der Waals surface area contributed by atoms with Gasteiger partial charge in [-0.2, -0.15) is 5.26 Å². The molecule has 0 radical (unpaired) electrons. The van der Waals surface area contributed by atoms with E-state index < -0.39 is 0 Å². The Morgan fingerprint density at radius 1 is 0.347 bits per heavy atom. The standard InChI is InChI=1S/C68H46N6O/c1-37-16-22-55-45(28-37)46-29-38(2)17-23-56(46)71(55)66-64(70-7)53(36-69)65(74-54-14-10-8-12-43(54)51-34-52-44-13-9-11-15-62(44)75-63(52)35-61(51)74)67(72-57-24-18-39(3)30-47(57)48-31-40(4)19-25-58(48)72)68(66)73-59-26-20-41(5)32-49(59)50-33-42(6)21-27-60(50)73/h8-35H,1-6H3. The third-order valence-electron chi connectivity index (χ3n) is 15.9. The summed E-state index contributed by atoms with van der Waals surface area (Å²) in [7, 11) is 0. The van der Waals surface area contributed by atoms with Crippen LogP contribution < -0.4 is 0 Å². The maximum atomic E-state index is 12.4. The number of nitrogens with zero attached hydrogens (tertiary/aromatic N) is 6. The third-order valence-corrected chi connectivity index (χ3v) is 15.9. The number of aromatic nitrogens is 4. The topological polar surface area (TPSA) is 61.0 Å². The predicted molar refractivity (Wildman–Crippen MR) is 310 cm³/mol. The van der Waals surface area contributed by atoms with Crippen LogP contribution in [0.1, 0.15) is 38.9 Å². The van der Waals surface area contributed by atoms with Gasteiger partial charge in [-0.1, -0.05) is 106 Å². The number of aryl methyl sites for hydroxylation is 6. The molecule has 0 amide bonds. The maximum absolute atomic E-state index is 12.4. The molecular weight excluding hydrogens is 917 g/mol. The van der Waals surface area contributed by atoms with Gasteiger partial charge in [0.1, 0.15) is 11.2 Å². The van der Waals surface area contributed by atoms with Gasteiger partial charge in [-0.3, -0.25) is 0 Å². The van der Waals surface area contributed by atoms with Crippen molar-refractivity contribution >= 4 is 115 Å². The van der Waals surface area contributed by atoms with Gasteiger partial charge in [0, 0.05) is 59.9 Å². The molecule has 75 heavy (non-hydrogen) atoms. The van der Waals surface area contributed by atoms with Crippen LogP contribution in [0, 0.1) is 59.4 Å². The SMILES string of the molecule is [C-]#[N+]c1c(C#N)c(-n2c3ccccc3c3cc4c(cc32)oc2ccccc24)c(-n2c3ccc(C)cc3c3cc(C)ccc32)c(-n2c3ccc(C)cc3c3cc(C)ccc32)c1-n1c2ccc(C)cc2c2cc(C)ccc21. The monoisotopic (exact) mass is 962 g/mol. The molecule has 0 fully saturated rings. The van der Waals surface area contributed by atoms with E-state index in [1.54, 1.807) is 0 Å².